The Bertz CT molecular complexity index is 880. The van der Waals surface area contributed by atoms with E-state index in [2.05, 4.69) is 5.32 Å². The first-order chi connectivity index (χ1) is 14.0. The molecule has 0 fully saturated rings. The molecule has 3 rings (SSSR count). The van der Waals surface area contributed by atoms with Gasteiger partial charge in [0.15, 0.2) is 18.1 Å². The van der Waals surface area contributed by atoms with Crippen LogP contribution in [0.15, 0.2) is 36.4 Å². The van der Waals surface area contributed by atoms with E-state index >= 15 is 0 Å². The van der Waals surface area contributed by atoms with Gasteiger partial charge in [0.05, 0.1) is 26.2 Å². The number of hydrogen-bond donors (Lipinski definition) is 1. The monoisotopic (exact) mass is 399 g/mol. The predicted octanol–water partition coefficient (Wildman–Crippen LogP) is 3.42. The molecule has 7 nitrogen and oxygen atoms in total. The number of carbonyl (C=O) groups excluding carboxylic acids is 2. The summed E-state index contributed by atoms with van der Waals surface area (Å²) in [4.78, 5) is 23.9. The Hall–Kier alpha value is -3.22. The molecule has 2 aromatic rings. The van der Waals surface area contributed by atoms with E-state index in [1.165, 1.54) is 0 Å². The van der Waals surface area contributed by atoms with Gasteiger partial charge in [-0.15, -0.1) is 0 Å². The number of benzene rings is 2. The Morgan fingerprint density at radius 3 is 2.66 bits per heavy atom. The Morgan fingerprint density at radius 1 is 1.03 bits per heavy atom. The molecule has 0 aliphatic carbocycles. The van der Waals surface area contributed by atoms with E-state index in [1.54, 1.807) is 18.2 Å². The summed E-state index contributed by atoms with van der Waals surface area (Å²) in [6.45, 7) is 4.90. The molecular formula is C22H25NO6. The molecule has 0 atom stereocenters. The lowest BCUT2D eigenvalue weighted by Crippen LogP contribution is -2.21. The molecule has 1 N–H and O–H groups in total. The summed E-state index contributed by atoms with van der Waals surface area (Å²) in [6, 6.07) is 11.0. The summed E-state index contributed by atoms with van der Waals surface area (Å²) >= 11 is 0. The highest BCUT2D eigenvalue weighted by Crippen LogP contribution is 2.32. The van der Waals surface area contributed by atoms with Gasteiger partial charge in [0, 0.05) is 18.2 Å². The number of ether oxygens (including phenoxy) is 4. The van der Waals surface area contributed by atoms with Crippen LogP contribution in [0.2, 0.25) is 0 Å². The van der Waals surface area contributed by atoms with Crippen molar-refractivity contribution >= 4 is 17.6 Å². The fourth-order valence-electron chi connectivity index (χ4n) is 2.76. The van der Waals surface area contributed by atoms with Crippen molar-refractivity contribution in [3.05, 3.63) is 47.5 Å². The molecule has 1 heterocycles. The van der Waals surface area contributed by atoms with Gasteiger partial charge >= 0.3 is 5.97 Å². The molecule has 154 valence electrons. The molecule has 1 aliphatic heterocycles. The summed E-state index contributed by atoms with van der Waals surface area (Å²) in [5, 5.41) is 2.68. The zero-order valence-electron chi connectivity index (χ0n) is 16.7. The van der Waals surface area contributed by atoms with Crippen molar-refractivity contribution in [1.29, 1.82) is 0 Å². The Balaban J connectivity index is 1.40. The fraction of sp³-hybridized carbons (Fsp3) is 0.364. The highest BCUT2D eigenvalue weighted by Gasteiger charge is 2.13. The average molecular weight is 399 g/mol. The number of esters is 1. The van der Waals surface area contributed by atoms with Crippen LogP contribution in [0.1, 0.15) is 24.0 Å². The van der Waals surface area contributed by atoms with Gasteiger partial charge in [0.2, 0.25) is 0 Å². The van der Waals surface area contributed by atoms with Gasteiger partial charge in [0.25, 0.3) is 5.91 Å². The number of nitrogens with one attached hydrogen (secondary N) is 1. The number of carbonyl (C=O) groups is 2. The van der Waals surface area contributed by atoms with Crippen LogP contribution >= 0.6 is 0 Å². The quantitative estimate of drug-likeness (QED) is 0.719. The second-order valence-electron chi connectivity index (χ2n) is 6.79. The molecule has 1 amide bonds. The number of anilines is 1. The summed E-state index contributed by atoms with van der Waals surface area (Å²) in [6.07, 6.45) is 0.865. The van der Waals surface area contributed by atoms with Crippen LogP contribution < -0.4 is 19.5 Å². The maximum Gasteiger partial charge on any atom is 0.309 e. The van der Waals surface area contributed by atoms with Gasteiger partial charge in [-0.05, 0) is 43.2 Å². The van der Waals surface area contributed by atoms with Crippen molar-refractivity contribution in [2.45, 2.75) is 26.7 Å². The molecule has 0 saturated carbocycles. The lowest BCUT2D eigenvalue weighted by atomic mass is 10.1. The average Bonchev–Trinajstić information content (AvgIpc) is 2.94. The molecule has 7 heteroatoms. The van der Waals surface area contributed by atoms with E-state index < -0.39 is 11.9 Å². The number of aryl methyl sites for hydroxylation is 2. The zero-order chi connectivity index (χ0) is 20.6. The molecule has 1 aliphatic rings. The van der Waals surface area contributed by atoms with Gasteiger partial charge in [0.1, 0.15) is 5.75 Å². The van der Waals surface area contributed by atoms with Crippen LogP contribution in [-0.2, 0) is 14.3 Å². The summed E-state index contributed by atoms with van der Waals surface area (Å²) in [7, 11) is 0. The second-order valence-corrected chi connectivity index (χ2v) is 6.79. The third-order valence-corrected chi connectivity index (χ3v) is 4.30. The van der Waals surface area contributed by atoms with Gasteiger partial charge in [-0.1, -0.05) is 12.1 Å². The molecule has 0 bridgehead atoms. The highest BCUT2D eigenvalue weighted by molar-refractivity contribution is 5.93. The SMILES string of the molecule is Cc1ccc(C)c(OCCC(=O)OCC(=O)Nc2ccc3c(c2)OCCCO3)c1. The van der Waals surface area contributed by atoms with Crippen molar-refractivity contribution in [2.75, 3.05) is 31.7 Å². The van der Waals surface area contributed by atoms with Crippen LogP contribution in [0, 0.1) is 13.8 Å². The van der Waals surface area contributed by atoms with Crippen LogP contribution in [0.4, 0.5) is 5.69 Å². The Kier molecular flexibility index (Phi) is 6.94. The van der Waals surface area contributed by atoms with Gasteiger partial charge in [-0.2, -0.15) is 0 Å². The smallest absolute Gasteiger partial charge is 0.309 e. The van der Waals surface area contributed by atoms with Crippen molar-refractivity contribution in [3.63, 3.8) is 0 Å². The van der Waals surface area contributed by atoms with E-state index in [9.17, 15) is 9.59 Å². The highest BCUT2D eigenvalue weighted by atomic mass is 16.5. The van der Waals surface area contributed by atoms with Gasteiger partial charge < -0.3 is 24.3 Å². The maximum absolute atomic E-state index is 12.0. The first-order valence-corrected chi connectivity index (χ1v) is 9.56. The summed E-state index contributed by atoms with van der Waals surface area (Å²) in [5.74, 6) is 1.05. The van der Waals surface area contributed by atoms with Crippen molar-refractivity contribution < 1.29 is 28.5 Å². The van der Waals surface area contributed by atoms with Crippen molar-refractivity contribution in [3.8, 4) is 17.2 Å². The molecule has 0 spiro atoms. The number of rotatable bonds is 7. The molecule has 2 aromatic carbocycles. The fourth-order valence-corrected chi connectivity index (χ4v) is 2.76. The molecule has 0 radical (unpaired) electrons. The standard InChI is InChI=1S/C22H25NO6/c1-15-4-5-16(2)19(12-15)28-11-8-22(25)29-14-21(24)23-17-6-7-18-20(13-17)27-10-3-9-26-18/h4-7,12-13H,3,8-11,14H2,1-2H3,(H,23,24). The van der Waals surface area contributed by atoms with Gasteiger partial charge in [-0.25, -0.2) is 0 Å². The third-order valence-electron chi connectivity index (χ3n) is 4.30. The molecule has 29 heavy (non-hydrogen) atoms. The van der Waals surface area contributed by atoms with E-state index in [4.69, 9.17) is 18.9 Å². The Labute approximate surface area is 169 Å². The molecule has 0 unspecified atom stereocenters. The van der Waals surface area contributed by atoms with Crippen molar-refractivity contribution in [2.24, 2.45) is 0 Å². The first-order valence-electron chi connectivity index (χ1n) is 9.56. The van der Waals surface area contributed by atoms with Gasteiger partial charge in [-0.3, -0.25) is 9.59 Å². The summed E-state index contributed by atoms with van der Waals surface area (Å²) in [5.41, 5.74) is 2.63. The normalized spacial score (nSPS) is 12.6. The first kappa shape index (κ1) is 20.5. The molecular weight excluding hydrogens is 374 g/mol. The lowest BCUT2D eigenvalue weighted by Gasteiger charge is -2.11. The number of fused-ring (bicyclic) bond motifs is 1. The minimum atomic E-state index is -0.496. The lowest BCUT2D eigenvalue weighted by molar-refractivity contribution is -0.147. The number of hydrogen-bond acceptors (Lipinski definition) is 6. The predicted molar refractivity (Wildman–Crippen MR) is 108 cm³/mol. The maximum atomic E-state index is 12.0. The van der Waals surface area contributed by atoms with Crippen LogP contribution in [0.3, 0.4) is 0 Å². The third kappa shape index (κ3) is 6.14. The minimum absolute atomic E-state index is 0.0602. The topological polar surface area (TPSA) is 83.1 Å². The number of amides is 1. The van der Waals surface area contributed by atoms with E-state index in [1.807, 2.05) is 32.0 Å². The van der Waals surface area contributed by atoms with Crippen LogP contribution in [0.25, 0.3) is 0 Å². The zero-order valence-corrected chi connectivity index (χ0v) is 16.7. The van der Waals surface area contributed by atoms with Crippen molar-refractivity contribution in [1.82, 2.24) is 0 Å². The van der Waals surface area contributed by atoms with Crippen LogP contribution in [0.5, 0.6) is 17.2 Å². The largest absolute Gasteiger partial charge is 0.493 e. The van der Waals surface area contributed by atoms with E-state index in [0.29, 0.717) is 30.4 Å². The Morgan fingerprint density at radius 2 is 1.83 bits per heavy atom. The van der Waals surface area contributed by atoms with E-state index in [0.717, 1.165) is 23.3 Å². The minimum Gasteiger partial charge on any atom is -0.493 e. The van der Waals surface area contributed by atoms with Crippen LogP contribution in [-0.4, -0.2) is 38.3 Å². The molecule has 0 saturated heterocycles. The second kappa shape index (κ2) is 9.82. The summed E-state index contributed by atoms with van der Waals surface area (Å²) < 4.78 is 21.8. The molecule has 0 aromatic heterocycles. The van der Waals surface area contributed by atoms with E-state index in [-0.39, 0.29) is 19.6 Å².